The summed E-state index contributed by atoms with van der Waals surface area (Å²) in [5, 5.41) is 0. The summed E-state index contributed by atoms with van der Waals surface area (Å²) in [5.41, 5.74) is 1.66. The SMILES string of the molecule is CC(C)(C)N1CCSCC1c1ccccc1Br. The van der Waals surface area contributed by atoms with E-state index in [1.807, 2.05) is 0 Å². The topological polar surface area (TPSA) is 3.24 Å². The fraction of sp³-hybridized carbons (Fsp3) is 0.571. The zero-order valence-corrected chi connectivity index (χ0v) is 13.1. The van der Waals surface area contributed by atoms with Crippen LogP contribution in [0, 0.1) is 0 Å². The van der Waals surface area contributed by atoms with Gasteiger partial charge < -0.3 is 0 Å². The van der Waals surface area contributed by atoms with E-state index in [1.54, 1.807) is 0 Å². The lowest BCUT2D eigenvalue weighted by Gasteiger charge is -2.44. The first-order valence-electron chi connectivity index (χ1n) is 6.09. The smallest absolute Gasteiger partial charge is 0.0455 e. The van der Waals surface area contributed by atoms with Crippen molar-refractivity contribution in [3.8, 4) is 0 Å². The lowest BCUT2D eigenvalue weighted by molar-refractivity contribution is 0.0966. The minimum Gasteiger partial charge on any atom is -0.290 e. The van der Waals surface area contributed by atoms with E-state index in [9.17, 15) is 0 Å². The Morgan fingerprint density at radius 2 is 2.00 bits per heavy atom. The van der Waals surface area contributed by atoms with E-state index in [0.29, 0.717) is 6.04 Å². The Hall–Kier alpha value is 0.01000. The Morgan fingerprint density at radius 1 is 1.29 bits per heavy atom. The molecule has 0 saturated carbocycles. The van der Waals surface area contributed by atoms with Crippen molar-refractivity contribution in [3.63, 3.8) is 0 Å². The number of hydrogen-bond acceptors (Lipinski definition) is 2. The molecule has 1 saturated heterocycles. The molecule has 1 atom stereocenters. The van der Waals surface area contributed by atoms with Crippen LogP contribution in [0.15, 0.2) is 28.7 Å². The van der Waals surface area contributed by atoms with Crippen molar-refractivity contribution in [2.75, 3.05) is 18.1 Å². The number of halogens is 1. The predicted molar refractivity (Wildman–Crippen MR) is 80.7 cm³/mol. The minimum absolute atomic E-state index is 0.237. The Morgan fingerprint density at radius 3 is 2.65 bits per heavy atom. The highest BCUT2D eigenvalue weighted by atomic mass is 79.9. The van der Waals surface area contributed by atoms with Gasteiger partial charge in [0, 0.05) is 34.1 Å². The standard InChI is InChI=1S/C14H20BrNS/c1-14(2,3)16-8-9-17-10-13(16)11-6-4-5-7-12(11)15/h4-7,13H,8-10H2,1-3H3. The maximum atomic E-state index is 3.69. The zero-order valence-electron chi connectivity index (χ0n) is 10.7. The van der Waals surface area contributed by atoms with Crippen LogP contribution in [-0.2, 0) is 0 Å². The summed E-state index contributed by atoms with van der Waals surface area (Å²) in [4.78, 5) is 2.63. The summed E-state index contributed by atoms with van der Waals surface area (Å²) < 4.78 is 1.24. The average Bonchev–Trinajstić information content (AvgIpc) is 2.28. The molecule has 17 heavy (non-hydrogen) atoms. The van der Waals surface area contributed by atoms with Crippen molar-refractivity contribution in [2.24, 2.45) is 0 Å². The fourth-order valence-electron chi connectivity index (χ4n) is 2.41. The molecular formula is C14H20BrNS. The number of benzene rings is 1. The van der Waals surface area contributed by atoms with Gasteiger partial charge in [-0.3, -0.25) is 4.90 Å². The molecule has 0 aliphatic carbocycles. The van der Waals surface area contributed by atoms with Gasteiger partial charge in [0.05, 0.1) is 0 Å². The fourth-order valence-corrected chi connectivity index (χ4v) is 4.03. The minimum atomic E-state index is 0.237. The van der Waals surface area contributed by atoms with Gasteiger partial charge in [-0.1, -0.05) is 34.1 Å². The predicted octanol–water partition coefficient (Wildman–Crippen LogP) is 4.34. The second kappa shape index (κ2) is 5.33. The van der Waals surface area contributed by atoms with Gasteiger partial charge >= 0.3 is 0 Å². The summed E-state index contributed by atoms with van der Waals surface area (Å²) in [5.74, 6) is 2.44. The van der Waals surface area contributed by atoms with Crippen molar-refractivity contribution in [1.82, 2.24) is 4.90 Å². The lowest BCUT2D eigenvalue weighted by Crippen LogP contribution is -2.48. The molecule has 1 aromatic rings. The van der Waals surface area contributed by atoms with E-state index in [-0.39, 0.29) is 5.54 Å². The molecule has 0 bridgehead atoms. The third-order valence-corrected chi connectivity index (χ3v) is 5.00. The van der Waals surface area contributed by atoms with Gasteiger partial charge in [-0.25, -0.2) is 0 Å². The number of thioether (sulfide) groups is 1. The Bertz CT molecular complexity index is 386. The maximum Gasteiger partial charge on any atom is 0.0455 e. The third-order valence-electron chi connectivity index (χ3n) is 3.25. The van der Waals surface area contributed by atoms with Crippen LogP contribution in [0.1, 0.15) is 32.4 Å². The van der Waals surface area contributed by atoms with Crippen molar-refractivity contribution in [1.29, 1.82) is 0 Å². The van der Waals surface area contributed by atoms with Crippen molar-refractivity contribution in [2.45, 2.75) is 32.4 Å². The molecule has 1 aliphatic rings. The third kappa shape index (κ3) is 3.07. The molecule has 0 spiro atoms. The molecule has 0 radical (unpaired) electrons. The highest BCUT2D eigenvalue weighted by Gasteiger charge is 2.32. The van der Waals surface area contributed by atoms with E-state index in [0.717, 1.165) is 0 Å². The molecule has 0 aromatic heterocycles. The van der Waals surface area contributed by atoms with Gasteiger partial charge in [-0.2, -0.15) is 11.8 Å². The Labute approximate surface area is 117 Å². The van der Waals surface area contributed by atoms with E-state index >= 15 is 0 Å². The number of nitrogens with zero attached hydrogens (tertiary/aromatic N) is 1. The quantitative estimate of drug-likeness (QED) is 0.759. The van der Waals surface area contributed by atoms with Crippen LogP contribution in [0.25, 0.3) is 0 Å². The first-order chi connectivity index (χ1) is 8.00. The van der Waals surface area contributed by atoms with E-state index in [2.05, 4.69) is 77.6 Å². The Balaban J connectivity index is 2.32. The van der Waals surface area contributed by atoms with Crippen LogP contribution in [0.4, 0.5) is 0 Å². The van der Waals surface area contributed by atoms with Crippen LogP contribution in [0.5, 0.6) is 0 Å². The van der Waals surface area contributed by atoms with Gasteiger partial charge in [0.25, 0.3) is 0 Å². The van der Waals surface area contributed by atoms with Gasteiger partial charge in [0.15, 0.2) is 0 Å². The van der Waals surface area contributed by atoms with E-state index < -0.39 is 0 Å². The lowest BCUT2D eigenvalue weighted by atomic mass is 9.98. The van der Waals surface area contributed by atoms with Crippen LogP contribution in [0.2, 0.25) is 0 Å². The van der Waals surface area contributed by atoms with E-state index in [1.165, 1.54) is 28.1 Å². The molecule has 3 heteroatoms. The Kier molecular flexibility index (Phi) is 4.22. The van der Waals surface area contributed by atoms with Gasteiger partial charge in [0.2, 0.25) is 0 Å². The molecule has 1 aliphatic heterocycles. The molecule has 1 unspecified atom stereocenters. The summed E-state index contributed by atoms with van der Waals surface area (Å²) in [6, 6.07) is 9.16. The summed E-state index contributed by atoms with van der Waals surface area (Å²) >= 11 is 5.75. The van der Waals surface area contributed by atoms with Crippen LogP contribution in [-0.4, -0.2) is 28.5 Å². The average molecular weight is 314 g/mol. The molecule has 1 fully saturated rings. The molecule has 0 N–H and O–H groups in total. The van der Waals surface area contributed by atoms with Crippen molar-refractivity contribution >= 4 is 27.7 Å². The van der Waals surface area contributed by atoms with Crippen LogP contribution in [0.3, 0.4) is 0 Å². The highest BCUT2D eigenvalue weighted by Crippen LogP contribution is 2.37. The summed E-state index contributed by atoms with van der Waals surface area (Å²) in [7, 11) is 0. The van der Waals surface area contributed by atoms with Crippen molar-refractivity contribution in [3.05, 3.63) is 34.3 Å². The molecule has 1 nitrogen and oxygen atoms in total. The molecule has 0 amide bonds. The number of rotatable bonds is 1. The second-order valence-electron chi connectivity index (χ2n) is 5.48. The van der Waals surface area contributed by atoms with Crippen LogP contribution >= 0.6 is 27.7 Å². The largest absolute Gasteiger partial charge is 0.290 e. The maximum absolute atomic E-state index is 3.69. The molecule has 94 valence electrons. The number of hydrogen-bond donors (Lipinski definition) is 0. The molecule has 1 aromatic carbocycles. The highest BCUT2D eigenvalue weighted by molar-refractivity contribution is 9.10. The monoisotopic (exact) mass is 313 g/mol. The normalized spacial score (nSPS) is 22.7. The van der Waals surface area contributed by atoms with Gasteiger partial charge in [-0.15, -0.1) is 0 Å². The van der Waals surface area contributed by atoms with Gasteiger partial charge in [0.1, 0.15) is 0 Å². The molecule has 1 heterocycles. The zero-order chi connectivity index (χ0) is 12.5. The van der Waals surface area contributed by atoms with Gasteiger partial charge in [-0.05, 0) is 32.4 Å². The van der Waals surface area contributed by atoms with Crippen molar-refractivity contribution < 1.29 is 0 Å². The summed E-state index contributed by atoms with van der Waals surface area (Å²) in [6.45, 7) is 8.12. The second-order valence-corrected chi connectivity index (χ2v) is 7.48. The van der Waals surface area contributed by atoms with Crippen LogP contribution < -0.4 is 0 Å². The molecule has 2 rings (SSSR count). The molecular weight excluding hydrogens is 294 g/mol. The first kappa shape index (κ1) is 13.4. The van der Waals surface area contributed by atoms with E-state index in [4.69, 9.17) is 0 Å². The summed E-state index contributed by atoms with van der Waals surface area (Å²) in [6.07, 6.45) is 0. The first-order valence-corrected chi connectivity index (χ1v) is 8.04.